The molecule has 0 atom stereocenters. The molecule has 2 rings (SSSR count). The van der Waals surface area contributed by atoms with Gasteiger partial charge in [0.25, 0.3) is 0 Å². The Morgan fingerprint density at radius 2 is 1.19 bits per heavy atom. The molecule has 0 fully saturated rings. The Hall–Kier alpha value is -2.70. The summed E-state index contributed by atoms with van der Waals surface area (Å²) >= 11 is 0. The Morgan fingerprint density at radius 1 is 0.615 bits per heavy atom. The van der Waals surface area contributed by atoms with Crippen LogP contribution in [0.5, 0.6) is 11.5 Å². The fourth-order valence-electron chi connectivity index (χ4n) is 2.08. The summed E-state index contributed by atoms with van der Waals surface area (Å²) in [6, 6.07) is 13.9. The smallest absolute Gasteiger partial charge is 0.150 e. The highest BCUT2D eigenvalue weighted by atomic mass is 16.6. The standard InChI is InChI=1S/C20H22O6/c21-15-17-4-6-19(7-5-17)25-12-10-23-8-9-24-11-13-26-20-3-1-2-18(14-20)16-22/h1-7,14-16H,8-13H2. The lowest BCUT2D eigenvalue weighted by atomic mass is 10.2. The van der Waals surface area contributed by atoms with Crippen molar-refractivity contribution >= 4 is 12.6 Å². The number of carbonyl (C=O) groups is 2. The van der Waals surface area contributed by atoms with Gasteiger partial charge in [-0.05, 0) is 36.4 Å². The van der Waals surface area contributed by atoms with Crippen LogP contribution in [0.15, 0.2) is 48.5 Å². The molecule has 26 heavy (non-hydrogen) atoms. The van der Waals surface area contributed by atoms with Crippen LogP contribution in [0.25, 0.3) is 0 Å². The summed E-state index contributed by atoms with van der Waals surface area (Å²) in [6.45, 7) is 2.65. The summed E-state index contributed by atoms with van der Waals surface area (Å²) in [5.41, 5.74) is 1.20. The van der Waals surface area contributed by atoms with Gasteiger partial charge in [-0.2, -0.15) is 0 Å². The molecule has 0 heterocycles. The van der Waals surface area contributed by atoms with Gasteiger partial charge < -0.3 is 18.9 Å². The Bertz CT molecular complexity index is 668. The first-order chi connectivity index (χ1) is 12.8. The molecular weight excluding hydrogens is 336 g/mol. The largest absolute Gasteiger partial charge is 0.491 e. The van der Waals surface area contributed by atoms with Gasteiger partial charge in [0.1, 0.15) is 37.3 Å². The number of aldehydes is 2. The zero-order chi connectivity index (χ0) is 18.5. The van der Waals surface area contributed by atoms with E-state index in [1.807, 2.05) is 0 Å². The summed E-state index contributed by atoms with van der Waals surface area (Å²) < 4.78 is 21.8. The number of ether oxygens (including phenoxy) is 4. The minimum atomic E-state index is 0.405. The molecule has 0 N–H and O–H groups in total. The van der Waals surface area contributed by atoms with Gasteiger partial charge in [-0.25, -0.2) is 0 Å². The van der Waals surface area contributed by atoms with Gasteiger partial charge in [-0.3, -0.25) is 9.59 Å². The zero-order valence-electron chi connectivity index (χ0n) is 14.5. The summed E-state index contributed by atoms with van der Waals surface area (Å²) in [5.74, 6) is 1.35. The van der Waals surface area contributed by atoms with Crippen molar-refractivity contribution in [1.29, 1.82) is 0 Å². The minimum Gasteiger partial charge on any atom is -0.491 e. The maximum absolute atomic E-state index is 10.7. The van der Waals surface area contributed by atoms with Crippen molar-refractivity contribution in [3.05, 3.63) is 59.7 Å². The van der Waals surface area contributed by atoms with Crippen LogP contribution in [0.1, 0.15) is 20.7 Å². The quantitative estimate of drug-likeness (QED) is 0.405. The van der Waals surface area contributed by atoms with E-state index >= 15 is 0 Å². The normalized spacial score (nSPS) is 10.3. The molecule has 0 radical (unpaired) electrons. The molecule has 0 saturated heterocycles. The predicted octanol–water partition coefficient (Wildman–Crippen LogP) is 2.80. The van der Waals surface area contributed by atoms with Crippen molar-refractivity contribution in [2.45, 2.75) is 0 Å². The highest BCUT2D eigenvalue weighted by Gasteiger charge is 1.97. The van der Waals surface area contributed by atoms with Crippen molar-refractivity contribution < 1.29 is 28.5 Å². The van der Waals surface area contributed by atoms with Crippen LogP contribution >= 0.6 is 0 Å². The highest BCUT2D eigenvalue weighted by Crippen LogP contribution is 2.12. The average molecular weight is 358 g/mol. The van der Waals surface area contributed by atoms with Crippen LogP contribution in [-0.4, -0.2) is 52.2 Å². The monoisotopic (exact) mass is 358 g/mol. The Kier molecular flexibility index (Phi) is 8.89. The van der Waals surface area contributed by atoms with Gasteiger partial charge in [-0.1, -0.05) is 12.1 Å². The first-order valence-corrected chi connectivity index (χ1v) is 8.33. The molecule has 0 bridgehead atoms. The first-order valence-electron chi connectivity index (χ1n) is 8.33. The fraction of sp³-hybridized carbons (Fsp3) is 0.300. The molecule has 0 amide bonds. The average Bonchev–Trinajstić information content (AvgIpc) is 2.70. The Labute approximate surface area is 152 Å². The van der Waals surface area contributed by atoms with Crippen LogP contribution in [0.2, 0.25) is 0 Å². The van der Waals surface area contributed by atoms with E-state index in [1.165, 1.54) is 0 Å². The predicted molar refractivity (Wildman–Crippen MR) is 96.3 cm³/mol. The molecule has 2 aromatic carbocycles. The van der Waals surface area contributed by atoms with Crippen molar-refractivity contribution in [3.8, 4) is 11.5 Å². The van der Waals surface area contributed by atoms with Crippen LogP contribution in [0, 0.1) is 0 Å². The fourth-order valence-corrected chi connectivity index (χ4v) is 2.08. The summed E-state index contributed by atoms with van der Waals surface area (Å²) in [5, 5.41) is 0. The molecule has 138 valence electrons. The van der Waals surface area contributed by atoms with Gasteiger partial charge in [0.2, 0.25) is 0 Å². The van der Waals surface area contributed by atoms with E-state index in [0.29, 0.717) is 62.3 Å². The van der Waals surface area contributed by atoms with E-state index in [2.05, 4.69) is 0 Å². The number of benzene rings is 2. The third-order valence-electron chi connectivity index (χ3n) is 3.38. The molecular formula is C20H22O6. The minimum absolute atomic E-state index is 0.405. The zero-order valence-corrected chi connectivity index (χ0v) is 14.5. The lowest BCUT2D eigenvalue weighted by molar-refractivity contribution is 0.0273. The number of hydrogen-bond donors (Lipinski definition) is 0. The second kappa shape index (κ2) is 11.8. The molecule has 0 saturated carbocycles. The molecule has 0 unspecified atom stereocenters. The SMILES string of the molecule is O=Cc1ccc(OCCOCCOCCOc2cccc(C=O)c2)cc1. The van der Waals surface area contributed by atoms with Gasteiger partial charge >= 0.3 is 0 Å². The summed E-state index contributed by atoms with van der Waals surface area (Å²) in [6.07, 6.45) is 1.57. The van der Waals surface area contributed by atoms with Crippen LogP contribution < -0.4 is 9.47 Å². The van der Waals surface area contributed by atoms with E-state index in [0.717, 1.165) is 12.6 Å². The van der Waals surface area contributed by atoms with E-state index in [1.54, 1.807) is 48.5 Å². The van der Waals surface area contributed by atoms with E-state index in [4.69, 9.17) is 18.9 Å². The van der Waals surface area contributed by atoms with Crippen molar-refractivity contribution in [1.82, 2.24) is 0 Å². The molecule has 0 aliphatic heterocycles. The van der Waals surface area contributed by atoms with Crippen LogP contribution in [0.3, 0.4) is 0 Å². The van der Waals surface area contributed by atoms with E-state index < -0.39 is 0 Å². The maximum Gasteiger partial charge on any atom is 0.150 e. The lowest BCUT2D eigenvalue weighted by Gasteiger charge is -2.09. The summed E-state index contributed by atoms with van der Waals surface area (Å²) in [4.78, 5) is 21.2. The molecule has 6 nitrogen and oxygen atoms in total. The van der Waals surface area contributed by atoms with E-state index in [9.17, 15) is 9.59 Å². The topological polar surface area (TPSA) is 71.1 Å². The molecule has 0 spiro atoms. The first kappa shape index (κ1) is 19.6. The van der Waals surface area contributed by atoms with E-state index in [-0.39, 0.29) is 0 Å². The third kappa shape index (κ3) is 7.46. The van der Waals surface area contributed by atoms with Crippen molar-refractivity contribution in [2.75, 3.05) is 39.6 Å². The van der Waals surface area contributed by atoms with Crippen molar-refractivity contribution in [2.24, 2.45) is 0 Å². The Morgan fingerprint density at radius 3 is 1.81 bits per heavy atom. The molecule has 2 aromatic rings. The van der Waals surface area contributed by atoms with Gasteiger partial charge in [0.15, 0.2) is 0 Å². The Balaban J connectivity index is 1.44. The third-order valence-corrected chi connectivity index (χ3v) is 3.38. The van der Waals surface area contributed by atoms with Gasteiger partial charge in [0.05, 0.1) is 26.4 Å². The molecule has 6 heteroatoms. The molecule has 0 aliphatic carbocycles. The maximum atomic E-state index is 10.7. The number of carbonyl (C=O) groups excluding carboxylic acids is 2. The molecule has 0 aromatic heterocycles. The van der Waals surface area contributed by atoms with Crippen molar-refractivity contribution in [3.63, 3.8) is 0 Å². The van der Waals surface area contributed by atoms with Crippen LogP contribution in [-0.2, 0) is 9.47 Å². The number of rotatable bonds is 13. The second-order valence-corrected chi connectivity index (χ2v) is 5.30. The number of hydrogen-bond acceptors (Lipinski definition) is 6. The molecule has 0 aliphatic rings. The van der Waals surface area contributed by atoms with Gasteiger partial charge in [-0.15, -0.1) is 0 Å². The lowest BCUT2D eigenvalue weighted by Crippen LogP contribution is -2.13. The van der Waals surface area contributed by atoms with Gasteiger partial charge in [0, 0.05) is 11.1 Å². The second-order valence-electron chi connectivity index (χ2n) is 5.30. The summed E-state index contributed by atoms with van der Waals surface area (Å²) in [7, 11) is 0. The highest BCUT2D eigenvalue weighted by molar-refractivity contribution is 5.75. The van der Waals surface area contributed by atoms with Crippen LogP contribution in [0.4, 0.5) is 0 Å².